The lowest BCUT2D eigenvalue weighted by Crippen LogP contribution is -2.30. The topological polar surface area (TPSA) is 105 Å². The lowest BCUT2D eigenvalue weighted by molar-refractivity contribution is -0.157. The molecule has 0 aromatic heterocycles. The summed E-state index contributed by atoms with van der Waals surface area (Å²) in [5.41, 5.74) is 0.397. The number of ether oxygens (including phenoxy) is 4. The highest BCUT2D eigenvalue weighted by Gasteiger charge is 2.24. The summed E-state index contributed by atoms with van der Waals surface area (Å²) >= 11 is 0. The van der Waals surface area contributed by atoms with E-state index in [0.717, 1.165) is 5.56 Å². The minimum absolute atomic E-state index is 0.0757. The van der Waals surface area contributed by atoms with Gasteiger partial charge in [-0.3, -0.25) is 19.2 Å². The van der Waals surface area contributed by atoms with Crippen molar-refractivity contribution in [1.82, 2.24) is 0 Å². The monoisotopic (exact) mass is 450 g/mol. The van der Waals surface area contributed by atoms with Gasteiger partial charge in [-0.05, 0) is 24.1 Å². The molecule has 0 radical (unpaired) electrons. The number of hydrogen-bond acceptors (Lipinski definition) is 8. The van der Waals surface area contributed by atoms with Crippen LogP contribution in [0, 0.1) is 11.3 Å². The zero-order valence-electron chi connectivity index (χ0n) is 19.6. The van der Waals surface area contributed by atoms with E-state index in [1.807, 2.05) is 20.8 Å². The van der Waals surface area contributed by atoms with Crippen LogP contribution in [0.5, 0.6) is 5.75 Å². The Morgan fingerprint density at radius 1 is 0.906 bits per heavy atom. The van der Waals surface area contributed by atoms with Gasteiger partial charge in [0.15, 0.2) is 0 Å². The molecule has 0 aliphatic carbocycles. The molecule has 0 N–H and O–H groups in total. The molecule has 0 bridgehead atoms. The summed E-state index contributed by atoms with van der Waals surface area (Å²) in [6, 6.07) is 6.90. The van der Waals surface area contributed by atoms with Crippen LogP contribution in [0.25, 0.3) is 0 Å². The Morgan fingerprint density at radius 3 is 2.03 bits per heavy atom. The van der Waals surface area contributed by atoms with Crippen LogP contribution < -0.4 is 4.74 Å². The maximum Gasteiger partial charge on any atom is 0.308 e. The van der Waals surface area contributed by atoms with Crippen LogP contribution in [-0.4, -0.2) is 43.7 Å². The smallest absolute Gasteiger partial charge is 0.308 e. The molecule has 1 atom stereocenters. The van der Waals surface area contributed by atoms with Crippen LogP contribution >= 0.6 is 0 Å². The van der Waals surface area contributed by atoms with Crippen molar-refractivity contribution in [2.24, 2.45) is 11.3 Å². The Hall–Kier alpha value is -2.90. The molecule has 8 nitrogen and oxygen atoms in total. The molecule has 0 aliphatic heterocycles. The first-order valence-corrected chi connectivity index (χ1v) is 10.8. The molecule has 0 heterocycles. The molecule has 1 unspecified atom stereocenters. The molecule has 178 valence electrons. The first kappa shape index (κ1) is 27.1. The summed E-state index contributed by atoms with van der Waals surface area (Å²) in [5.74, 6) is -1.37. The minimum atomic E-state index is -0.524. The molecule has 0 spiro atoms. The number of rotatable bonds is 13. The van der Waals surface area contributed by atoms with Crippen LogP contribution in [0.2, 0.25) is 0 Å². The molecule has 1 aromatic carbocycles. The van der Waals surface area contributed by atoms with Crippen LogP contribution in [0.1, 0.15) is 59.4 Å². The Labute approximate surface area is 189 Å². The summed E-state index contributed by atoms with van der Waals surface area (Å²) in [6.07, 6.45) is 1.04. The van der Waals surface area contributed by atoms with Gasteiger partial charge in [0, 0.05) is 18.8 Å². The van der Waals surface area contributed by atoms with E-state index in [-0.39, 0.29) is 50.5 Å². The largest absolute Gasteiger partial charge is 0.465 e. The molecule has 0 saturated carbocycles. The summed E-state index contributed by atoms with van der Waals surface area (Å²) in [5, 5.41) is 0. The molecule has 1 rings (SSSR count). The summed E-state index contributed by atoms with van der Waals surface area (Å²) in [7, 11) is 0. The quantitative estimate of drug-likeness (QED) is 0.255. The SMILES string of the molecule is CCC(C)C(=O)OCC(C)(C)COC(=O)CCC(=O)OCCc1ccc(OC(C)=O)cc1. The fourth-order valence-electron chi connectivity index (χ4n) is 2.41. The van der Waals surface area contributed by atoms with E-state index in [9.17, 15) is 19.2 Å². The Balaban J connectivity index is 2.23. The third kappa shape index (κ3) is 11.5. The first-order valence-electron chi connectivity index (χ1n) is 10.8. The fourth-order valence-corrected chi connectivity index (χ4v) is 2.41. The molecular formula is C24H34O8. The van der Waals surface area contributed by atoms with Gasteiger partial charge in [-0.15, -0.1) is 0 Å². The third-order valence-electron chi connectivity index (χ3n) is 4.62. The van der Waals surface area contributed by atoms with Gasteiger partial charge in [-0.25, -0.2) is 0 Å². The van der Waals surface area contributed by atoms with Gasteiger partial charge in [0.1, 0.15) is 5.75 Å². The van der Waals surface area contributed by atoms with E-state index in [1.54, 1.807) is 31.2 Å². The highest BCUT2D eigenvalue weighted by molar-refractivity contribution is 5.77. The highest BCUT2D eigenvalue weighted by atomic mass is 16.6. The van der Waals surface area contributed by atoms with Crippen LogP contribution in [0.3, 0.4) is 0 Å². The number of hydrogen-bond donors (Lipinski definition) is 0. The highest BCUT2D eigenvalue weighted by Crippen LogP contribution is 2.18. The van der Waals surface area contributed by atoms with Crippen LogP contribution in [-0.2, 0) is 39.8 Å². The maximum atomic E-state index is 11.9. The Bertz CT molecular complexity index is 767. The number of carbonyl (C=O) groups excluding carboxylic acids is 4. The van der Waals surface area contributed by atoms with Crippen molar-refractivity contribution in [3.05, 3.63) is 29.8 Å². The average molecular weight is 451 g/mol. The van der Waals surface area contributed by atoms with Gasteiger partial charge in [-0.2, -0.15) is 0 Å². The molecule has 8 heteroatoms. The molecule has 1 aromatic rings. The van der Waals surface area contributed by atoms with Gasteiger partial charge in [0.25, 0.3) is 0 Å². The normalized spacial score (nSPS) is 11.9. The zero-order valence-corrected chi connectivity index (χ0v) is 19.6. The predicted octanol–water partition coefficient (Wildman–Crippen LogP) is 3.64. The fraction of sp³-hybridized carbons (Fsp3) is 0.583. The standard InChI is InChI=1S/C24H34O8/c1-6-17(2)23(28)31-16-24(4,5)15-30-22(27)12-11-21(26)29-14-13-19-7-9-20(10-8-19)32-18(3)25/h7-10,17H,6,11-16H2,1-5H3. The second-order valence-electron chi connectivity index (χ2n) is 8.45. The van der Waals surface area contributed by atoms with Crippen LogP contribution in [0.15, 0.2) is 24.3 Å². The maximum absolute atomic E-state index is 11.9. The van der Waals surface area contributed by atoms with E-state index >= 15 is 0 Å². The van der Waals surface area contributed by atoms with E-state index in [2.05, 4.69) is 0 Å². The molecule has 0 aliphatic rings. The van der Waals surface area contributed by atoms with Crippen molar-refractivity contribution in [2.45, 2.75) is 60.3 Å². The first-order chi connectivity index (χ1) is 15.0. The van der Waals surface area contributed by atoms with Crippen molar-refractivity contribution in [3.8, 4) is 5.75 Å². The molecular weight excluding hydrogens is 416 g/mol. The van der Waals surface area contributed by atoms with E-state index in [0.29, 0.717) is 18.6 Å². The zero-order chi connectivity index (χ0) is 24.1. The van der Waals surface area contributed by atoms with Gasteiger partial charge in [-0.1, -0.05) is 39.8 Å². The van der Waals surface area contributed by atoms with Gasteiger partial charge in [0.2, 0.25) is 0 Å². The van der Waals surface area contributed by atoms with Crippen molar-refractivity contribution in [3.63, 3.8) is 0 Å². The minimum Gasteiger partial charge on any atom is -0.465 e. The van der Waals surface area contributed by atoms with Crippen LogP contribution in [0.4, 0.5) is 0 Å². The number of benzene rings is 1. The number of esters is 4. The third-order valence-corrected chi connectivity index (χ3v) is 4.62. The van der Waals surface area contributed by atoms with Crippen molar-refractivity contribution in [2.75, 3.05) is 19.8 Å². The second kappa shape index (κ2) is 13.5. The van der Waals surface area contributed by atoms with Crippen molar-refractivity contribution in [1.29, 1.82) is 0 Å². The van der Waals surface area contributed by atoms with Gasteiger partial charge >= 0.3 is 23.9 Å². The molecule has 0 amide bonds. The molecule has 0 fully saturated rings. The van der Waals surface area contributed by atoms with E-state index < -0.39 is 17.4 Å². The lowest BCUT2D eigenvalue weighted by Gasteiger charge is -2.24. The van der Waals surface area contributed by atoms with Crippen molar-refractivity contribution < 1.29 is 38.1 Å². The van der Waals surface area contributed by atoms with Gasteiger partial charge in [0.05, 0.1) is 38.6 Å². The Kier molecular flexibility index (Phi) is 11.4. The average Bonchev–Trinajstić information content (AvgIpc) is 2.75. The van der Waals surface area contributed by atoms with E-state index in [4.69, 9.17) is 18.9 Å². The van der Waals surface area contributed by atoms with E-state index in [1.165, 1.54) is 6.92 Å². The Morgan fingerprint density at radius 2 is 1.47 bits per heavy atom. The van der Waals surface area contributed by atoms with Crippen molar-refractivity contribution >= 4 is 23.9 Å². The second-order valence-corrected chi connectivity index (χ2v) is 8.45. The predicted molar refractivity (Wildman–Crippen MR) is 117 cm³/mol. The summed E-state index contributed by atoms with van der Waals surface area (Å²) < 4.78 is 20.6. The molecule has 0 saturated heterocycles. The summed E-state index contributed by atoms with van der Waals surface area (Å²) in [4.78, 5) is 46.4. The molecule has 32 heavy (non-hydrogen) atoms. The van der Waals surface area contributed by atoms with Gasteiger partial charge < -0.3 is 18.9 Å². The summed E-state index contributed by atoms with van der Waals surface area (Å²) in [6.45, 7) is 9.11. The number of carbonyl (C=O) groups is 4. The lowest BCUT2D eigenvalue weighted by atomic mass is 9.96.